The van der Waals surface area contributed by atoms with Crippen molar-refractivity contribution >= 4 is 11.8 Å². The Hall–Kier alpha value is -2.82. The van der Waals surface area contributed by atoms with Gasteiger partial charge in [0.1, 0.15) is 11.8 Å². The van der Waals surface area contributed by atoms with Crippen molar-refractivity contribution < 1.29 is 14.3 Å². The van der Waals surface area contributed by atoms with Gasteiger partial charge < -0.3 is 15.0 Å². The fraction of sp³-hybridized carbons (Fsp3) is 0.417. The van der Waals surface area contributed by atoms with E-state index in [4.69, 9.17) is 4.74 Å². The molecule has 0 aromatic heterocycles. The molecule has 29 heavy (non-hydrogen) atoms. The van der Waals surface area contributed by atoms with E-state index >= 15 is 0 Å². The predicted octanol–water partition coefficient (Wildman–Crippen LogP) is 3.88. The third-order valence-electron chi connectivity index (χ3n) is 4.98. The summed E-state index contributed by atoms with van der Waals surface area (Å²) in [6.45, 7) is 6.89. The van der Waals surface area contributed by atoms with E-state index in [0.717, 1.165) is 35.3 Å². The van der Waals surface area contributed by atoms with Crippen LogP contribution in [-0.4, -0.2) is 36.4 Å². The quantitative estimate of drug-likeness (QED) is 0.620. The second-order valence-electron chi connectivity index (χ2n) is 7.35. The van der Waals surface area contributed by atoms with Crippen molar-refractivity contribution in [1.82, 2.24) is 10.2 Å². The van der Waals surface area contributed by atoms with Gasteiger partial charge in [-0.1, -0.05) is 55.3 Å². The molecule has 0 saturated heterocycles. The van der Waals surface area contributed by atoms with Crippen LogP contribution in [-0.2, 0) is 22.6 Å². The molecule has 0 fully saturated rings. The summed E-state index contributed by atoms with van der Waals surface area (Å²) >= 11 is 0. The molecule has 2 aromatic carbocycles. The SMILES string of the molecule is CCCCNC(=O)C(C)N(Cc1ccc(OC)cc1)C(=O)Cc1ccc(C)cc1. The second kappa shape index (κ2) is 11.2. The van der Waals surface area contributed by atoms with Crippen LogP contribution in [0.2, 0.25) is 0 Å². The number of rotatable bonds is 10. The summed E-state index contributed by atoms with van der Waals surface area (Å²) in [5.41, 5.74) is 3.05. The molecule has 0 aliphatic rings. The van der Waals surface area contributed by atoms with E-state index in [2.05, 4.69) is 12.2 Å². The van der Waals surface area contributed by atoms with Crippen LogP contribution >= 0.6 is 0 Å². The zero-order valence-corrected chi connectivity index (χ0v) is 17.9. The van der Waals surface area contributed by atoms with Gasteiger partial charge in [0, 0.05) is 13.1 Å². The van der Waals surface area contributed by atoms with E-state index < -0.39 is 6.04 Å². The van der Waals surface area contributed by atoms with Gasteiger partial charge >= 0.3 is 0 Å². The minimum atomic E-state index is -0.549. The van der Waals surface area contributed by atoms with Crippen LogP contribution in [0.15, 0.2) is 48.5 Å². The highest BCUT2D eigenvalue weighted by atomic mass is 16.5. The van der Waals surface area contributed by atoms with Gasteiger partial charge in [-0.2, -0.15) is 0 Å². The molecule has 2 rings (SSSR count). The molecule has 2 amide bonds. The molecule has 5 heteroatoms. The number of nitrogens with zero attached hydrogens (tertiary/aromatic N) is 1. The van der Waals surface area contributed by atoms with Gasteiger partial charge in [0.2, 0.25) is 11.8 Å². The number of unbranched alkanes of at least 4 members (excludes halogenated alkanes) is 1. The second-order valence-corrected chi connectivity index (χ2v) is 7.35. The molecule has 0 spiro atoms. The third-order valence-corrected chi connectivity index (χ3v) is 4.98. The Morgan fingerprint density at radius 3 is 2.24 bits per heavy atom. The van der Waals surface area contributed by atoms with Crippen molar-refractivity contribution in [3.8, 4) is 5.75 Å². The fourth-order valence-corrected chi connectivity index (χ4v) is 3.03. The number of ether oxygens (including phenoxy) is 1. The molecule has 5 nitrogen and oxygen atoms in total. The highest BCUT2D eigenvalue weighted by molar-refractivity contribution is 5.88. The standard InChI is InChI=1S/C24H32N2O3/c1-5-6-15-25-24(28)19(3)26(17-21-11-13-22(29-4)14-12-21)23(27)16-20-9-7-18(2)8-10-20/h7-14,19H,5-6,15-17H2,1-4H3,(H,25,28). The van der Waals surface area contributed by atoms with E-state index in [0.29, 0.717) is 13.1 Å². The van der Waals surface area contributed by atoms with E-state index in [9.17, 15) is 9.59 Å². The van der Waals surface area contributed by atoms with Gasteiger partial charge in [0.05, 0.1) is 13.5 Å². The van der Waals surface area contributed by atoms with Gasteiger partial charge in [-0.3, -0.25) is 9.59 Å². The van der Waals surface area contributed by atoms with Crippen molar-refractivity contribution in [3.05, 3.63) is 65.2 Å². The minimum Gasteiger partial charge on any atom is -0.497 e. The predicted molar refractivity (Wildman–Crippen MR) is 116 cm³/mol. The van der Waals surface area contributed by atoms with E-state index in [-0.39, 0.29) is 18.2 Å². The number of carbonyl (C=O) groups excluding carboxylic acids is 2. The Bertz CT molecular complexity index is 785. The molecule has 156 valence electrons. The van der Waals surface area contributed by atoms with Crippen molar-refractivity contribution in [1.29, 1.82) is 0 Å². The smallest absolute Gasteiger partial charge is 0.242 e. The van der Waals surface area contributed by atoms with Crippen LogP contribution in [0.3, 0.4) is 0 Å². The third kappa shape index (κ3) is 6.93. The fourth-order valence-electron chi connectivity index (χ4n) is 3.03. The summed E-state index contributed by atoms with van der Waals surface area (Å²) in [4.78, 5) is 27.4. The van der Waals surface area contributed by atoms with Gasteiger partial charge in [-0.25, -0.2) is 0 Å². The maximum Gasteiger partial charge on any atom is 0.242 e. The Kier molecular flexibility index (Phi) is 8.71. The van der Waals surface area contributed by atoms with Gasteiger partial charge in [-0.15, -0.1) is 0 Å². The van der Waals surface area contributed by atoms with Crippen molar-refractivity contribution in [2.75, 3.05) is 13.7 Å². The summed E-state index contributed by atoms with van der Waals surface area (Å²) in [5, 5.41) is 2.94. The molecular weight excluding hydrogens is 364 g/mol. The molecule has 0 saturated carbocycles. The minimum absolute atomic E-state index is 0.0668. The zero-order chi connectivity index (χ0) is 21.2. The molecule has 1 atom stereocenters. The van der Waals surface area contributed by atoms with Crippen LogP contribution in [0.1, 0.15) is 43.4 Å². The monoisotopic (exact) mass is 396 g/mol. The maximum absolute atomic E-state index is 13.1. The summed E-state index contributed by atoms with van der Waals surface area (Å²) in [6, 6.07) is 14.9. The molecule has 1 unspecified atom stereocenters. The van der Waals surface area contributed by atoms with Crippen LogP contribution in [0.25, 0.3) is 0 Å². The molecule has 0 heterocycles. The molecule has 0 bridgehead atoms. The zero-order valence-electron chi connectivity index (χ0n) is 17.9. The van der Waals surface area contributed by atoms with Gasteiger partial charge in [-0.05, 0) is 43.5 Å². The largest absolute Gasteiger partial charge is 0.497 e. The summed E-state index contributed by atoms with van der Waals surface area (Å²) in [6.07, 6.45) is 2.20. The molecule has 2 aromatic rings. The Labute approximate surface area is 174 Å². The number of nitrogens with one attached hydrogen (secondary N) is 1. The maximum atomic E-state index is 13.1. The number of hydrogen-bond acceptors (Lipinski definition) is 3. The first-order valence-electron chi connectivity index (χ1n) is 10.2. The lowest BCUT2D eigenvalue weighted by Crippen LogP contribution is -2.48. The van der Waals surface area contributed by atoms with Crippen LogP contribution in [0, 0.1) is 6.92 Å². The number of carbonyl (C=O) groups is 2. The van der Waals surface area contributed by atoms with Gasteiger partial charge in [0.25, 0.3) is 0 Å². The van der Waals surface area contributed by atoms with Crippen molar-refractivity contribution in [3.63, 3.8) is 0 Å². The molecule has 1 N–H and O–H groups in total. The number of benzene rings is 2. The number of methoxy groups -OCH3 is 1. The first kappa shape index (κ1) is 22.5. The average molecular weight is 397 g/mol. The topological polar surface area (TPSA) is 58.6 Å². The summed E-state index contributed by atoms with van der Waals surface area (Å²) in [5.74, 6) is 0.573. The first-order chi connectivity index (χ1) is 13.9. The van der Waals surface area contributed by atoms with Crippen LogP contribution in [0.5, 0.6) is 5.75 Å². The van der Waals surface area contributed by atoms with E-state index in [1.54, 1.807) is 18.9 Å². The van der Waals surface area contributed by atoms with Gasteiger partial charge in [0.15, 0.2) is 0 Å². The first-order valence-corrected chi connectivity index (χ1v) is 10.2. The Balaban J connectivity index is 2.16. The average Bonchev–Trinajstić information content (AvgIpc) is 2.73. The highest BCUT2D eigenvalue weighted by Gasteiger charge is 2.26. The van der Waals surface area contributed by atoms with E-state index in [1.165, 1.54) is 0 Å². The highest BCUT2D eigenvalue weighted by Crippen LogP contribution is 2.16. The number of hydrogen-bond donors (Lipinski definition) is 1. The lowest BCUT2D eigenvalue weighted by atomic mass is 10.1. The molecule has 0 aliphatic carbocycles. The Morgan fingerprint density at radius 1 is 1.03 bits per heavy atom. The van der Waals surface area contributed by atoms with E-state index in [1.807, 2.05) is 55.5 Å². The molecule has 0 radical (unpaired) electrons. The molecule has 0 aliphatic heterocycles. The Morgan fingerprint density at radius 2 is 1.66 bits per heavy atom. The van der Waals surface area contributed by atoms with Crippen molar-refractivity contribution in [2.24, 2.45) is 0 Å². The number of aryl methyl sites for hydroxylation is 1. The lowest BCUT2D eigenvalue weighted by molar-refractivity contribution is -0.140. The normalized spacial score (nSPS) is 11.6. The number of amides is 2. The van der Waals surface area contributed by atoms with Crippen molar-refractivity contribution in [2.45, 2.75) is 52.6 Å². The van der Waals surface area contributed by atoms with Crippen LogP contribution in [0.4, 0.5) is 0 Å². The lowest BCUT2D eigenvalue weighted by Gasteiger charge is -2.29. The summed E-state index contributed by atoms with van der Waals surface area (Å²) < 4.78 is 5.21. The molecular formula is C24H32N2O3. The van der Waals surface area contributed by atoms with Crippen LogP contribution < -0.4 is 10.1 Å². The summed E-state index contributed by atoms with van der Waals surface area (Å²) in [7, 11) is 1.62.